The van der Waals surface area contributed by atoms with E-state index < -0.39 is 8.23 Å². The summed E-state index contributed by atoms with van der Waals surface area (Å²) in [4.78, 5) is 2.47. The van der Waals surface area contributed by atoms with Crippen molar-refractivity contribution in [2.45, 2.75) is 32.3 Å². The molecule has 1 atom stereocenters. The molecule has 1 rings (SSSR count). The summed E-state index contributed by atoms with van der Waals surface area (Å²) >= 11 is 0. The Hall–Kier alpha value is 0.320. The van der Waals surface area contributed by atoms with Crippen LogP contribution >= 0.6 is 8.23 Å². The standard InChI is InChI=1S/C10H21FNP/c1-9(2)8-12-6-4-10(5-7-12)13(3)11/h9-10H,4-8H2,1-3H3. The maximum absolute atomic E-state index is 13.0. The lowest BCUT2D eigenvalue weighted by molar-refractivity contribution is 0.207. The van der Waals surface area contributed by atoms with E-state index in [4.69, 9.17) is 0 Å². The molecule has 78 valence electrons. The van der Waals surface area contributed by atoms with E-state index in [-0.39, 0.29) is 0 Å². The minimum absolute atomic E-state index is 0.387. The second-order valence-electron chi connectivity index (χ2n) is 4.45. The Labute approximate surface area is 82.6 Å². The molecule has 1 nitrogen and oxygen atoms in total. The summed E-state index contributed by atoms with van der Waals surface area (Å²) in [6, 6.07) is 0. The van der Waals surface area contributed by atoms with Crippen LogP contribution in [0.4, 0.5) is 4.20 Å². The lowest BCUT2D eigenvalue weighted by Crippen LogP contribution is -2.37. The summed E-state index contributed by atoms with van der Waals surface area (Å²) in [5.41, 5.74) is 0.387. The van der Waals surface area contributed by atoms with Gasteiger partial charge >= 0.3 is 0 Å². The summed E-state index contributed by atoms with van der Waals surface area (Å²) in [7, 11) is -1.18. The van der Waals surface area contributed by atoms with E-state index in [2.05, 4.69) is 18.7 Å². The Morgan fingerprint density at radius 2 is 1.92 bits per heavy atom. The molecule has 1 fully saturated rings. The van der Waals surface area contributed by atoms with Gasteiger partial charge in [-0.1, -0.05) is 13.8 Å². The predicted octanol–water partition coefficient (Wildman–Crippen LogP) is 3.10. The topological polar surface area (TPSA) is 3.24 Å². The van der Waals surface area contributed by atoms with Gasteiger partial charge in [-0.2, -0.15) is 0 Å². The lowest BCUT2D eigenvalue weighted by Gasteiger charge is -2.33. The normalized spacial score (nSPS) is 23.8. The Morgan fingerprint density at radius 1 is 1.38 bits per heavy atom. The summed E-state index contributed by atoms with van der Waals surface area (Å²) in [5, 5.41) is 0. The number of piperidine rings is 1. The molecule has 0 bridgehead atoms. The lowest BCUT2D eigenvalue weighted by atomic mass is 10.1. The van der Waals surface area contributed by atoms with E-state index in [9.17, 15) is 4.20 Å². The first-order valence-corrected chi connectivity index (χ1v) is 6.95. The van der Waals surface area contributed by atoms with Crippen LogP contribution in [0.5, 0.6) is 0 Å². The van der Waals surface area contributed by atoms with Gasteiger partial charge in [0.05, 0.1) is 8.23 Å². The SMILES string of the molecule is CC(C)CN1CCC(P(C)F)CC1. The first kappa shape index (κ1) is 11.4. The molecule has 1 unspecified atom stereocenters. The Balaban J connectivity index is 2.22. The molecule has 1 aliphatic heterocycles. The van der Waals surface area contributed by atoms with Gasteiger partial charge in [0.25, 0.3) is 0 Å². The van der Waals surface area contributed by atoms with Crippen molar-refractivity contribution in [1.29, 1.82) is 0 Å². The summed E-state index contributed by atoms with van der Waals surface area (Å²) in [5.74, 6) is 0.741. The molecule has 1 aliphatic rings. The molecule has 1 heterocycles. The van der Waals surface area contributed by atoms with Crippen LogP contribution < -0.4 is 0 Å². The van der Waals surface area contributed by atoms with Crippen LogP contribution in [0.15, 0.2) is 0 Å². The van der Waals surface area contributed by atoms with Crippen LogP contribution in [-0.4, -0.2) is 36.9 Å². The minimum Gasteiger partial charge on any atom is -0.303 e. The maximum atomic E-state index is 13.0. The van der Waals surface area contributed by atoms with E-state index in [1.165, 1.54) is 6.54 Å². The molecule has 0 aromatic rings. The van der Waals surface area contributed by atoms with Gasteiger partial charge in [0.1, 0.15) is 0 Å². The second-order valence-corrected chi connectivity index (χ2v) is 6.23. The third-order valence-corrected chi connectivity index (χ3v) is 4.21. The molecular weight excluding hydrogens is 184 g/mol. The highest BCUT2D eigenvalue weighted by molar-refractivity contribution is 7.52. The fourth-order valence-corrected chi connectivity index (χ4v) is 2.92. The number of likely N-dealkylation sites (tertiary alicyclic amines) is 1. The van der Waals surface area contributed by atoms with E-state index >= 15 is 0 Å². The molecule has 0 aromatic heterocycles. The van der Waals surface area contributed by atoms with Crippen LogP contribution in [-0.2, 0) is 0 Å². The van der Waals surface area contributed by atoms with Crippen LogP contribution in [0.3, 0.4) is 0 Å². The van der Waals surface area contributed by atoms with Crippen LogP contribution in [0.2, 0.25) is 0 Å². The molecule has 0 aliphatic carbocycles. The molecular formula is C10H21FNP. The fourth-order valence-electron chi connectivity index (χ4n) is 1.97. The Morgan fingerprint density at radius 3 is 2.31 bits per heavy atom. The largest absolute Gasteiger partial charge is 0.303 e. The first-order valence-electron chi connectivity index (χ1n) is 5.20. The quantitative estimate of drug-likeness (QED) is 0.640. The van der Waals surface area contributed by atoms with Gasteiger partial charge in [-0.25, -0.2) is 4.20 Å². The van der Waals surface area contributed by atoms with E-state index in [0.29, 0.717) is 5.66 Å². The molecule has 3 heteroatoms. The molecule has 0 N–H and O–H groups in total. The van der Waals surface area contributed by atoms with Crippen LogP contribution in [0.1, 0.15) is 26.7 Å². The van der Waals surface area contributed by atoms with Crippen molar-refractivity contribution in [3.05, 3.63) is 0 Å². The van der Waals surface area contributed by atoms with Gasteiger partial charge in [-0.15, -0.1) is 0 Å². The smallest absolute Gasteiger partial charge is 0.0814 e. The highest BCUT2D eigenvalue weighted by Gasteiger charge is 2.23. The summed E-state index contributed by atoms with van der Waals surface area (Å²) in [6.07, 6.45) is 2.15. The minimum atomic E-state index is -1.18. The van der Waals surface area contributed by atoms with E-state index in [0.717, 1.165) is 31.8 Å². The third-order valence-electron chi connectivity index (χ3n) is 2.68. The van der Waals surface area contributed by atoms with Gasteiger partial charge in [0, 0.05) is 12.2 Å². The zero-order valence-electron chi connectivity index (χ0n) is 8.96. The fraction of sp³-hybridized carbons (Fsp3) is 1.00. The molecule has 0 amide bonds. The zero-order valence-corrected chi connectivity index (χ0v) is 9.86. The van der Waals surface area contributed by atoms with Crippen molar-refractivity contribution in [2.75, 3.05) is 26.3 Å². The highest BCUT2D eigenvalue weighted by atomic mass is 31.2. The number of rotatable bonds is 3. The predicted molar refractivity (Wildman–Crippen MR) is 58.3 cm³/mol. The number of hydrogen-bond donors (Lipinski definition) is 0. The first-order chi connectivity index (χ1) is 6.09. The zero-order chi connectivity index (χ0) is 9.84. The molecule has 0 aromatic carbocycles. The monoisotopic (exact) mass is 205 g/mol. The highest BCUT2D eigenvalue weighted by Crippen LogP contribution is 2.43. The Kier molecular flexibility index (Phi) is 4.61. The van der Waals surface area contributed by atoms with E-state index in [1.807, 2.05) is 0 Å². The van der Waals surface area contributed by atoms with Crippen molar-refractivity contribution in [1.82, 2.24) is 4.90 Å². The number of hydrogen-bond acceptors (Lipinski definition) is 1. The van der Waals surface area contributed by atoms with Gasteiger partial charge in [-0.3, -0.25) is 0 Å². The number of halogens is 1. The average Bonchev–Trinajstić information content (AvgIpc) is 2.04. The van der Waals surface area contributed by atoms with Crippen molar-refractivity contribution < 1.29 is 4.20 Å². The van der Waals surface area contributed by atoms with Crippen LogP contribution in [0, 0.1) is 5.92 Å². The van der Waals surface area contributed by atoms with Crippen molar-refractivity contribution in [3.63, 3.8) is 0 Å². The molecule has 0 saturated carbocycles. The van der Waals surface area contributed by atoms with Crippen molar-refractivity contribution in [3.8, 4) is 0 Å². The van der Waals surface area contributed by atoms with Crippen LogP contribution in [0.25, 0.3) is 0 Å². The summed E-state index contributed by atoms with van der Waals surface area (Å²) < 4.78 is 13.0. The average molecular weight is 205 g/mol. The molecule has 0 spiro atoms. The van der Waals surface area contributed by atoms with Crippen molar-refractivity contribution in [2.24, 2.45) is 5.92 Å². The Bertz CT molecular complexity index is 142. The van der Waals surface area contributed by atoms with Gasteiger partial charge in [0.15, 0.2) is 0 Å². The number of nitrogens with zero attached hydrogens (tertiary/aromatic N) is 1. The van der Waals surface area contributed by atoms with Gasteiger partial charge in [-0.05, 0) is 38.5 Å². The molecule has 1 saturated heterocycles. The second kappa shape index (κ2) is 5.26. The molecule has 0 radical (unpaired) electrons. The third kappa shape index (κ3) is 3.91. The maximum Gasteiger partial charge on any atom is 0.0814 e. The summed E-state index contributed by atoms with van der Waals surface area (Å²) in [6.45, 7) is 9.65. The van der Waals surface area contributed by atoms with Crippen molar-refractivity contribution >= 4 is 8.23 Å². The molecule has 13 heavy (non-hydrogen) atoms. The van der Waals surface area contributed by atoms with Gasteiger partial charge < -0.3 is 4.90 Å². The van der Waals surface area contributed by atoms with E-state index in [1.54, 1.807) is 6.66 Å². The van der Waals surface area contributed by atoms with Gasteiger partial charge in [0.2, 0.25) is 0 Å².